The van der Waals surface area contributed by atoms with Crippen LogP contribution in [0.1, 0.15) is 66.2 Å². The third-order valence-electron chi connectivity index (χ3n) is 5.34. The van der Waals surface area contributed by atoms with E-state index in [2.05, 4.69) is 16.0 Å². The molecule has 0 radical (unpaired) electrons. The Morgan fingerprint density at radius 2 is 1.65 bits per heavy atom. The van der Waals surface area contributed by atoms with E-state index in [1.165, 1.54) is 0 Å². The van der Waals surface area contributed by atoms with Gasteiger partial charge in [-0.1, -0.05) is 33.6 Å². The van der Waals surface area contributed by atoms with Gasteiger partial charge in [0.25, 0.3) is 0 Å². The highest BCUT2D eigenvalue weighted by atomic mass is 16.2. The molecule has 1 saturated heterocycles. The van der Waals surface area contributed by atoms with Gasteiger partial charge in [-0.25, -0.2) is 4.79 Å². The number of hydrogen-bond acceptors (Lipinski definition) is 3. The van der Waals surface area contributed by atoms with E-state index in [-0.39, 0.29) is 29.3 Å². The number of carbonyl (C=O) groups excluding carboxylic acids is 3. The number of hydrogen-bond donors (Lipinski definition) is 3. The van der Waals surface area contributed by atoms with Gasteiger partial charge < -0.3 is 20.9 Å². The topological polar surface area (TPSA) is 90.5 Å². The van der Waals surface area contributed by atoms with Gasteiger partial charge in [-0.05, 0) is 32.6 Å². The van der Waals surface area contributed by atoms with Gasteiger partial charge in [0.15, 0.2) is 0 Å². The standard InChI is InChI=1S/C19H34N4O3/c1-5-20-17(26)22-19(10-6-7-11-19)15(24)21-14-8-12-23(13-9-14)16(25)18(2,3)4/h14H,5-13H2,1-4H3,(H,21,24)(H2,20,22,26). The summed E-state index contributed by atoms with van der Waals surface area (Å²) in [5.41, 5.74) is -1.17. The SMILES string of the molecule is CCNC(=O)NC1(C(=O)NC2CCN(C(=O)C(C)(C)C)CC2)CCCC1. The average Bonchev–Trinajstić information content (AvgIpc) is 3.04. The molecule has 7 nitrogen and oxygen atoms in total. The van der Waals surface area contributed by atoms with Crippen LogP contribution < -0.4 is 16.0 Å². The van der Waals surface area contributed by atoms with Crippen LogP contribution in [0.2, 0.25) is 0 Å². The van der Waals surface area contributed by atoms with Gasteiger partial charge in [0, 0.05) is 31.1 Å². The number of piperidine rings is 1. The monoisotopic (exact) mass is 366 g/mol. The Kier molecular flexibility index (Phi) is 6.53. The second-order valence-electron chi connectivity index (χ2n) is 8.56. The van der Waals surface area contributed by atoms with Gasteiger partial charge >= 0.3 is 6.03 Å². The molecule has 0 atom stereocenters. The molecule has 0 aromatic carbocycles. The number of nitrogens with one attached hydrogen (secondary N) is 3. The molecule has 0 bridgehead atoms. The van der Waals surface area contributed by atoms with E-state index in [1.54, 1.807) is 0 Å². The van der Waals surface area contributed by atoms with Crippen LogP contribution in [0.5, 0.6) is 0 Å². The number of carbonyl (C=O) groups is 3. The summed E-state index contributed by atoms with van der Waals surface area (Å²) < 4.78 is 0. The Bertz CT molecular complexity index is 527. The van der Waals surface area contributed by atoms with Gasteiger partial charge in [-0.15, -0.1) is 0 Å². The lowest BCUT2D eigenvalue weighted by atomic mass is 9.92. The molecule has 7 heteroatoms. The number of urea groups is 1. The molecule has 2 fully saturated rings. The summed E-state index contributed by atoms with van der Waals surface area (Å²) in [5, 5.41) is 8.74. The average molecular weight is 367 g/mol. The van der Waals surface area contributed by atoms with Crippen molar-refractivity contribution in [2.45, 2.75) is 77.8 Å². The van der Waals surface area contributed by atoms with E-state index in [4.69, 9.17) is 0 Å². The Morgan fingerprint density at radius 3 is 2.15 bits per heavy atom. The first-order valence-corrected chi connectivity index (χ1v) is 9.84. The van der Waals surface area contributed by atoms with Gasteiger partial charge in [0.1, 0.15) is 5.54 Å². The van der Waals surface area contributed by atoms with Gasteiger partial charge in [-0.3, -0.25) is 9.59 Å². The Labute approximate surface area is 156 Å². The van der Waals surface area contributed by atoms with Crippen molar-refractivity contribution < 1.29 is 14.4 Å². The number of nitrogens with zero attached hydrogens (tertiary/aromatic N) is 1. The minimum Gasteiger partial charge on any atom is -0.351 e. The quantitative estimate of drug-likeness (QED) is 0.708. The molecule has 4 amide bonds. The minimum absolute atomic E-state index is 0.0556. The highest BCUT2D eigenvalue weighted by Gasteiger charge is 2.43. The number of rotatable bonds is 4. The summed E-state index contributed by atoms with van der Waals surface area (Å²) in [6.07, 6.45) is 4.75. The molecule has 1 heterocycles. The minimum atomic E-state index is -0.794. The van der Waals surface area contributed by atoms with Gasteiger partial charge in [-0.2, -0.15) is 0 Å². The van der Waals surface area contributed by atoms with E-state index >= 15 is 0 Å². The van der Waals surface area contributed by atoms with Gasteiger partial charge in [0.2, 0.25) is 11.8 Å². The lowest BCUT2D eigenvalue weighted by Crippen LogP contribution is -2.61. The molecular formula is C19H34N4O3. The van der Waals surface area contributed by atoms with Crippen LogP contribution in [0.4, 0.5) is 4.79 Å². The van der Waals surface area contributed by atoms with Crippen LogP contribution in [0.3, 0.4) is 0 Å². The molecule has 1 aliphatic heterocycles. The van der Waals surface area contributed by atoms with Crippen molar-refractivity contribution in [1.82, 2.24) is 20.9 Å². The molecule has 0 aromatic heterocycles. The van der Waals surface area contributed by atoms with Crippen molar-refractivity contribution in [2.24, 2.45) is 5.41 Å². The first kappa shape index (κ1) is 20.5. The molecule has 26 heavy (non-hydrogen) atoms. The maximum Gasteiger partial charge on any atom is 0.315 e. The van der Waals surface area contributed by atoms with Crippen molar-refractivity contribution in [3.05, 3.63) is 0 Å². The Balaban J connectivity index is 1.90. The molecule has 0 aromatic rings. The zero-order chi connectivity index (χ0) is 19.4. The van der Waals surface area contributed by atoms with Crippen LogP contribution in [0, 0.1) is 5.41 Å². The highest BCUT2D eigenvalue weighted by molar-refractivity contribution is 5.91. The summed E-state index contributed by atoms with van der Waals surface area (Å²) in [6, 6.07) is -0.227. The Hall–Kier alpha value is -1.79. The second kappa shape index (κ2) is 8.27. The molecular weight excluding hydrogens is 332 g/mol. The van der Waals surface area contributed by atoms with Crippen molar-refractivity contribution in [3.63, 3.8) is 0 Å². The first-order valence-electron chi connectivity index (χ1n) is 9.84. The molecule has 0 unspecified atom stereocenters. The normalized spacial score (nSPS) is 20.5. The smallest absolute Gasteiger partial charge is 0.315 e. The molecule has 0 spiro atoms. The second-order valence-corrected chi connectivity index (χ2v) is 8.56. The summed E-state index contributed by atoms with van der Waals surface area (Å²) in [4.78, 5) is 39.1. The van der Waals surface area contributed by atoms with Crippen molar-refractivity contribution in [2.75, 3.05) is 19.6 Å². The largest absolute Gasteiger partial charge is 0.351 e. The predicted molar refractivity (Wildman–Crippen MR) is 101 cm³/mol. The van der Waals surface area contributed by atoms with Gasteiger partial charge in [0.05, 0.1) is 0 Å². The fraction of sp³-hybridized carbons (Fsp3) is 0.842. The Morgan fingerprint density at radius 1 is 1.08 bits per heavy atom. The first-order chi connectivity index (χ1) is 12.2. The van der Waals surface area contributed by atoms with Crippen LogP contribution >= 0.6 is 0 Å². The lowest BCUT2D eigenvalue weighted by molar-refractivity contribution is -0.140. The molecule has 3 N–H and O–H groups in total. The van der Waals surface area contributed by atoms with E-state index in [9.17, 15) is 14.4 Å². The van der Waals surface area contributed by atoms with Crippen LogP contribution in [0.15, 0.2) is 0 Å². The van der Waals surface area contributed by atoms with E-state index in [0.29, 0.717) is 32.5 Å². The van der Waals surface area contributed by atoms with E-state index in [1.807, 2.05) is 32.6 Å². The maximum absolute atomic E-state index is 12.9. The lowest BCUT2D eigenvalue weighted by Gasteiger charge is -2.37. The van der Waals surface area contributed by atoms with Crippen molar-refractivity contribution in [3.8, 4) is 0 Å². The summed E-state index contributed by atoms with van der Waals surface area (Å²) in [5.74, 6) is 0.0781. The highest BCUT2D eigenvalue weighted by Crippen LogP contribution is 2.30. The number of likely N-dealkylation sites (tertiary alicyclic amines) is 1. The third-order valence-corrected chi connectivity index (χ3v) is 5.34. The fourth-order valence-corrected chi connectivity index (χ4v) is 3.83. The zero-order valence-corrected chi connectivity index (χ0v) is 16.6. The molecule has 2 rings (SSSR count). The molecule has 148 valence electrons. The van der Waals surface area contributed by atoms with Crippen LogP contribution in [-0.2, 0) is 9.59 Å². The molecule has 2 aliphatic rings. The number of amides is 4. The van der Waals surface area contributed by atoms with Crippen LogP contribution in [-0.4, -0.2) is 54.0 Å². The maximum atomic E-state index is 12.9. The fourth-order valence-electron chi connectivity index (χ4n) is 3.83. The summed E-state index contributed by atoms with van der Waals surface area (Å²) >= 11 is 0. The van der Waals surface area contributed by atoms with E-state index in [0.717, 1.165) is 25.7 Å². The zero-order valence-electron chi connectivity index (χ0n) is 16.6. The third kappa shape index (κ3) is 4.89. The molecule has 1 aliphatic carbocycles. The summed E-state index contributed by atoms with van der Waals surface area (Å²) in [7, 11) is 0. The van der Waals surface area contributed by atoms with Crippen molar-refractivity contribution in [1.29, 1.82) is 0 Å². The molecule has 1 saturated carbocycles. The van der Waals surface area contributed by atoms with Crippen molar-refractivity contribution >= 4 is 17.8 Å². The van der Waals surface area contributed by atoms with Crippen LogP contribution in [0.25, 0.3) is 0 Å². The summed E-state index contributed by atoms with van der Waals surface area (Å²) in [6.45, 7) is 9.51. The predicted octanol–water partition coefficient (Wildman–Crippen LogP) is 1.77. The van der Waals surface area contributed by atoms with E-state index < -0.39 is 5.54 Å².